The van der Waals surface area contributed by atoms with Gasteiger partial charge in [0, 0.05) is 56.1 Å². The molecule has 0 bridgehead atoms. The monoisotopic (exact) mass is 408 g/mol. The Morgan fingerprint density at radius 2 is 1.97 bits per heavy atom. The van der Waals surface area contributed by atoms with E-state index in [1.54, 1.807) is 35.2 Å². The second-order valence-corrected chi connectivity index (χ2v) is 8.17. The molecule has 2 saturated heterocycles. The fourth-order valence-electron chi connectivity index (χ4n) is 4.50. The summed E-state index contributed by atoms with van der Waals surface area (Å²) in [6.45, 7) is 4.60. The van der Waals surface area contributed by atoms with Crippen molar-refractivity contribution in [3.63, 3.8) is 0 Å². The third-order valence-electron chi connectivity index (χ3n) is 6.21. The predicted octanol–water partition coefficient (Wildman–Crippen LogP) is 1.58. The van der Waals surface area contributed by atoms with Crippen LogP contribution >= 0.6 is 0 Å². The summed E-state index contributed by atoms with van der Waals surface area (Å²) in [6.07, 6.45) is 6.58. The molecule has 0 aliphatic carbocycles. The van der Waals surface area contributed by atoms with E-state index in [9.17, 15) is 9.59 Å². The number of pyridine rings is 1. The predicted molar refractivity (Wildman–Crippen MR) is 108 cm³/mol. The number of imidazole rings is 1. The molecule has 3 aromatic rings. The minimum absolute atomic E-state index is 0.0271. The zero-order valence-corrected chi connectivity index (χ0v) is 16.8. The molecule has 9 heteroatoms. The van der Waals surface area contributed by atoms with Gasteiger partial charge in [-0.15, -0.1) is 0 Å². The molecule has 0 saturated carbocycles. The number of ether oxygens (including phenoxy) is 1. The van der Waals surface area contributed by atoms with E-state index in [2.05, 4.69) is 21.9 Å². The van der Waals surface area contributed by atoms with Crippen molar-refractivity contribution >= 4 is 11.4 Å². The molecule has 2 aliphatic rings. The van der Waals surface area contributed by atoms with Crippen molar-refractivity contribution in [3.8, 4) is 0 Å². The third-order valence-corrected chi connectivity index (χ3v) is 6.21. The van der Waals surface area contributed by atoms with Crippen molar-refractivity contribution in [1.82, 2.24) is 29.5 Å². The molecule has 9 nitrogen and oxygen atoms in total. The fourth-order valence-corrected chi connectivity index (χ4v) is 4.50. The van der Waals surface area contributed by atoms with Crippen molar-refractivity contribution in [1.29, 1.82) is 0 Å². The van der Waals surface area contributed by atoms with E-state index in [0.717, 1.165) is 18.7 Å². The number of aromatic nitrogens is 5. The molecule has 0 radical (unpaired) electrons. The highest BCUT2D eigenvalue weighted by Gasteiger charge is 2.36. The third kappa shape index (κ3) is 3.28. The van der Waals surface area contributed by atoms with Crippen LogP contribution in [0.25, 0.3) is 5.52 Å². The van der Waals surface area contributed by atoms with Crippen molar-refractivity contribution in [2.24, 2.45) is 5.92 Å². The molecule has 1 amide bonds. The van der Waals surface area contributed by atoms with Gasteiger partial charge in [-0.25, -0.2) is 9.50 Å². The van der Waals surface area contributed by atoms with E-state index >= 15 is 0 Å². The number of likely N-dealkylation sites (tertiary alicyclic amines) is 1. The van der Waals surface area contributed by atoms with E-state index in [-0.39, 0.29) is 29.2 Å². The normalized spacial score (nSPS) is 22.6. The number of hydrogen-bond acceptors (Lipinski definition) is 6. The second-order valence-electron chi connectivity index (χ2n) is 8.17. The summed E-state index contributed by atoms with van der Waals surface area (Å²) in [5.74, 6) is 1.76. The van der Waals surface area contributed by atoms with Crippen molar-refractivity contribution in [2.75, 3.05) is 26.3 Å². The molecule has 2 unspecified atom stereocenters. The maximum absolute atomic E-state index is 12.8. The number of carbonyl (C=O) groups excluding carboxylic acids is 1. The van der Waals surface area contributed by atoms with Gasteiger partial charge in [-0.3, -0.25) is 14.6 Å². The van der Waals surface area contributed by atoms with Gasteiger partial charge in [0.2, 0.25) is 0 Å². The number of aromatic amines is 1. The first-order valence-electron chi connectivity index (χ1n) is 10.4. The van der Waals surface area contributed by atoms with Crippen molar-refractivity contribution < 1.29 is 9.53 Å². The van der Waals surface area contributed by atoms with Gasteiger partial charge in [0.05, 0.1) is 6.20 Å². The number of amides is 1. The van der Waals surface area contributed by atoms with Gasteiger partial charge in [-0.05, 0) is 30.9 Å². The lowest BCUT2D eigenvalue weighted by molar-refractivity contribution is 0.0786. The number of H-pyrrole nitrogens is 1. The summed E-state index contributed by atoms with van der Waals surface area (Å²) < 4.78 is 7.16. The van der Waals surface area contributed by atoms with Gasteiger partial charge in [0.25, 0.3) is 11.5 Å². The van der Waals surface area contributed by atoms with Crippen LogP contribution in [0, 0.1) is 5.92 Å². The lowest BCUT2D eigenvalue weighted by atomic mass is 9.97. The summed E-state index contributed by atoms with van der Waals surface area (Å²) >= 11 is 0. The van der Waals surface area contributed by atoms with Crippen LogP contribution in [0.2, 0.25) is 0 Å². The largest absolute Gasteiger partial charge is 0.381 e. The number of fused-ring (bicyclic) bond motifs is 1. The smallest absolute Gasteiger partial charge is 0.276 e. The number of nitrogens with one attached hydrogen (secondary N) is 1. The fraction of sp³-hybridized carbons (Fsp3) is 0.476. The second kappa shape index (κ2) is 7.64. The number of hydrogen-bond donors (Lipinski definition) is 1. The summed E-state index contributed by atoms with van der Waals surface area (Å²) in [5, 5.41) is 4.78. The van der Waals surface area contributed by atoms with Crippen LogP contribution in [-0.4, -0.2) is 61.7 Å². The first-order valence-corrected chi connectivity index (χ1v) is 10.4. The molecule has 156 valence electrons. The zero-order valence-electron chi connectivity index (χ0n) is 16.8. The lowest BCUT2D eigenvalue weighted by Gasteiger charge is -2.21. The Labute approximate surface area is 173 Å². The molecule has 5 heterocycles. The van der Waals surface area contributed by atoms with E-state index in [0.29, 0.717) is 43.2 Å². The van der Waals surface area contributed by atoms with Gasteiger partial charge in [0.15, 0.2) is 5.52 Å². The highest BCUT2D eigenvalue weighted by Crippen LogP contribution is 2.31. The van der Waals surface area contributed by atoms with Gasteiger partial charge < -0.3 is 14.6 Å². The molecule has 0 spiro atoms. The number of carbonyl (C=O) groups is 1. The Bertz CT molecular complexity index is 1120. The van der Waals surface area contributed by atoms with E-state index < -0.39 is 0 Å². The SMILES string of the molecule is CC1CN(C(=O)c2ccncc2)CC1c1nn2c(C3CCOCC3)ncc2c(=O)[nH]1. The van der Waals surface area contributed by atoms with E-state index in [1.165, 1.54) is 0 Å². The number of rotatable bonds is 3. The molecule has 0 aromatic carbocycles. The summed E-state index contributed by atoms with van der Waals surface area (Å²) in [5.41, 5.74) is 0.874. The Balaban J connectivity index is 1.45. The molecule has 5 rings (SSSR count). The molecule has 3 aromatic heterocycles. The van der Waals surface area contributed by atoms with Crippen LogP contribution in [0.5, 0.6) is 0 Å². The quantitative estimate of drug-likeness (QED) is 0.705. The average Bonchev–Trinajstić information content (AvgIpc) is 3.38. The van der Waals surface area contributed by atoms with E-state index in [4.69, 9.17) is 9.84 Å². The van der Waals surface area contributed by atoms with Gasteiger partial charge in [0.1, 0.15) is 11.6 Å². The zero-order chi connectivity index (χ0) is 20.7. The molecular formula is C21H24N6O3. The van der Waals surface area contributed by atoms with Gasteiger partial charge >= 0.3 is 0 Å². The average molecular weight is 408 g/mol. The van der Waals surface area contributed by atoms with Crippen LogP contribution in [0.15, 0.2) is 35.5 Å². The van der Waals surface area contributed by atoms with Crippen molar-refractivity contribution in [3.05, 3.63) is 58.3 Å². The van der Waals surface area contributed by atoms with Gasteiger partial charge in [-0.2, -0.15) is 5.10 Å². The van der Waals surface area contributed by atoms with Crippen LogP contribution in [0.1, 0.15) is 53.6 Å². The molecule has 2 atom stereocenters. The summed E-state index contributed by atoms with van der Waals surface area (Å²) in [6, 6.07) is 3.44. The summed E-state index contributed by atoms with van der Waals surface area (Å²) in [4.78, 5) is 38.8. The first-order chi connectivity index (χ1) is 14.6. The minimum Gasteiger partial charge on any atom is -0.381 e. The Morgan fingerprint density at radius 3 is 2.73 bits per heavy atom. The first kappa shape index (κ1) is 18.9. The molecule has 2 fully saturated rings. The minimum atomic E-state index is -0.197. The molecule has 2 aliphatic heterocycles. The summed E-state index contributed by atoms with van der Waals surface area (Å²) in [7, 11) is 0. The van der Waals surface area contributed by atoms with Crippen LogP contribution in [0.4, 0.5) is 0 Å². The molecular weight excluding hydrogens is 384 g/mol. The van der Waals surface area contributed by atoms with Crippen molar-refractivity contribution in [2.45, 2.75) is 31.6 Å². The topological polar surface area (TPSA) is 105 Å². The maximum atomic E-state index is 12.8. The maximum Gasteiger partial charge on any atom is 0.276 e. The highest BCUT2D eigenvalue weighted by molar-refractivity contribution is 5.94. The lowest BCUT2D eigenvalue weighted by Crippen LogP contribution is -2.29. The highest BCUT2D eigenvalue weighted by atomic mass is 16.5. The molecule has 1 N–H and O–H groups in total. The van der Waals surface area contributed by atoms with Crippen LogP contribution in [0.3, 0.4) is 0 Å². The van der Waals surface area contributed by atoms with E-state index in [1.807, 2.05) is 4.90 Å². The van der Waals surface area contributed by atoms with Crippen LogP contribution < -0.4 is 5.56 Å². The Hall–Kier alpha value is -3.07. The molecule has 30 heavy (non-hydrogen) atoms. The number of nitrogens with zero attached hydrogens (tertiary/aromatic N) is 5. The Kier molecular flexibility index (Phi) is 4.82. The Morgan fingerprint density at radius 1 is 1.20 bits per heavy atom. The van der Waals surface area contributed by atoms with Gasteiger partial charge in [-0.1, -0.05) is 6.92 Å². The van der Waals surface area contributed by atoms with Crippen LogP contribution in [-0.2, 0) is 4.74 Å². The standard InChI is InChI=1S/C21H24N6O3/c1-13-11-26(21(29)15-2-6-22-7-3-15)12-16(13)18-24-20(28)17-10-23-19(27(17)25-18)14-4-8-30-9-5-14/h2-3,6-7,10,13-14,16H,4-5,8-9,11-12H2,1H3,(H,24,25,28).